The molecule has 1 aliphatic rings. The number of carbonyl (C=O) groups is 1. The molecule has 1 heterocycles. The summed E-state index contributed by atoms with van der Waals surface area (Å²) in [5.74, 6) is 0.0719. The Balaban J connectivity index is 1.93. The highest BCUT2D eigenvalue weighted by atomic mass is 16.1. The fourth-order valence-electron chi connectivity index (χ4n) is 2.28. The average Bonchev–Trinajstić information content (AvgIpc) is 2.74. The summed E-state index contributed by atoms with van der Waals surface area (Å²) in [6.45, 7) is 2.91. The molecule has 3 N–H and O–H groups in total. The fourth-order valence-corrected chi connectivity index (χ4v) is 2.28. The van der Waals surface area contributed by atoms with Gasteiger partial charge in [0.2, 0.25) is 0 Å². The zero-order chi connectivity index (χ0) is 12.3. The summed E-state index contributed by atoms with van der Waals surface area (Å²) in [5.41, 5.74) is 6.01. The Kier molecular flexibility index (Phi) is 3.26. The number of hydrogen-bond donors (Lipinski definition) is 2. The molecule has 1 aromatic heterocycles. The van der Waals surface area contributed by atoms with Gasteiger partial charge in [0.25, 0.3) is 5.91 Å². The number of hydrogen-bond acceptors (Lipinski definition) is 4. The average molecular weight is 234 g/mol. The summed E-state index contributed by atoms with van der Waals surface area (Å²) in [6.07, 6.45) is 7.72. The summed E-state index contributed by atoms with van der Waals surface area (Å²) >= 11 is 0. The maximum absolute atomic E-state index is 11.8. The van der Waals surface area contributed by atoms with Crippen molar-refractivity contribution in [2.45, 2.75) is 32.6 Å². The minimum atomic E-state index is -0.196. The molecular weight excluding hydrogens is 216 g/mol. The second kappa shape index (κ2) is 4.69. The Hall–Kier alpha value is -1.65. The Morgan fingerprint density at radius 2 is 2.18 bits per heavy atom. The van der Waals surface area contributed by atoms with E-state index in [9.17, 15) is 4.79 Å². The van der Waals surface area contributed by atoms with E-state index in [2.05, 4.69) is 22.2 Å². The number of nitrogens with two attached hydrogens (primary N) is 1. The third-order valence-electron chi connectivity index (χ3n) is 3.37. The van der Waals surface area contributed by atoms with Crippen molar-refractivity contribution in [1.29, 1.82) is 0 Å². The summed E-state index contributed by atoms with van der Waals surface area (Å²) in [4.78, 5) is 19.6. The Morgan fingerprint density at radius 1 is 1.47 bits per heavy atom. The molecule has 5 heteroatoms. The predicted octanol–water partition coefficient (Wildman–Crippen LogP) is 1.37. The lowest BCUT2D eigenvalue weighted by Gasteiger charge is -2.23. The molecule has 1 aromatic rings. The molecule has 92 valence electrons. The van der Waals surface area contributed by atoms with Crippen LogP contribution in [-0.2, 0) is 0 Å². The van der Waals surface area contributed by atoms with Crippen molar-refractivity contribution in [3.63, 3.8) is 0 Å². The highest BCUT2D eigenvalue weighted by molar-refractivity contribution is 5.92. The third-order valence-corrected chi connectivity index (χ3v) is 3.37. The number of carbonyl (C=O) groups excluding carboxylic acids is 1. The van der Waals surface area contributed by atoms with Gasteiger partial charge in [0.05, 0.1) is 12.4 Å². The minimum Gasteiger partial charge on any atom is -0.382 e. The van der Waals surface area contributed by atoms with E-state index in [0.717, 1.165) is 0 Å². The van der Waals surface area contributed by atoms with Gasteiger partial charge in [-0.05, 0) is 18.3 Å². The first-order chi connectivity index (χ1) is 8.09. The van der Waals surface area contributed by atoms with Gasteiger partial charge in [-0.25, -0.2) is 4.98 Å². The standard InChI is InChI=1S/C12H18N4O/c1-12(4-2-3-5-12)8-15-11(17)9-6-14-7-10(13)16-9/h6-7H,2-5,8H2,1H3,(H2,13,16)(H,15,17). The molecule has 0 aliphatic heterocycles. The fraction of sp³-hybridized carbons (Fsp3) is 0.583. The first kappa shape index (κ1) is 11.8. The van der Waals surface area contributed by atoms with Crippen molar-refractivity contribution < 1.29 is 4.79 Å². The van der Waals surface area contributed by atoms with Gasteiger partial charge in [0.15, 0.2) is 0 Å². The molecular formula is C12H18N4O. The summed E-state index contributed by atoms with van der Waals surface area (Å²) < 4.78 is 0. The largest absolute Gasteiger partial charge is 0.382 e. The Bertz CT molecular complexity index is 413. The van der Waals surface area contributed by atoms with Gasteiger partial charge in [-0.1, -0.05) is 19.8 Å². The van der Waals surface area contributed by atoms with Crippen LogP contribution in [0, 0.1) is 5.41 Å². The van der Waals surface area contributed by atoms with Crippen molar-refractivity contribution in [3.05, 3.63) is 18.1 Å². The highest BCUT2D eigenvalue weighted by Gasteiger charge is 2.29. The normalized spacial score (nSPS) is 17.9. The highest BCUT2D eigenvalue weighted by Crippen LogP contribution is 2.36. The maximum atomic E-state index is 11.8. The molecule has 0 atom stereocenters. The van der Waals surface area contributed by atoms with E-state index >= 15 is 0 Å². The van der Waals surface area contributed by atoms with Gasteiger partial charge in [-0.2, -0.15) is 0 Å². The topological polar surface area (TPSA) is 80.9 Å². The molecule has 5 nitrogen and oxygen atoms in total. The van der Waals surface area contributed by atoms with Gasteiger partial charge >= 0.3 is 0 Å². The van der Waals surface area contributed by atoms with Crippen LogP contribution in [0.15, 0.2) is 12.4 Å². The number of rotatable bonds is 3. The molecule has 1 saturated carbocycles. The summed E-state index contributed by atoms with van der Waals surface area (Å²) in [7, 11) is 0. The number of anilines is 1. The van der Waals surface area contributed by atoms with Crippen LogP contribution in [0.2, 0.25) is 0 Å². The number of nitrogens with one attached hydrogen (secondary N) is 1. The monoisotopic (exact) mass is 234 g/mol. The molecule has 1 aliphatic carbocycles. The van der Waals surface area contributed by atoms with E-state index in [1.807, 2.05) is 0 Å². The molecule has 0 aromatic carbocycles. The van der Waals surface area contributed by atoms with E-state index in [0.29, 0.717) is 6.54 Å². The van der Waals surface area contributed by atoms with E-state index in [1.54, 1.807) is 0 Å². The summed E-state index contributed by atoms with van der Waals surface area (Å²) in [5, 5.41) is 2.91. The first-order valence-electron chi connectivity index (χ1n) is 5.95. The molecule has 0 saturated heterocycles. The second-order valence-corrected chi connectivity index (χ2v) is 5.03. The maximum Gasteiger partial charge on any atom is 0.271 e. The van der Waals surface area contributed by atoms with Crippen LogP contribution in [0.4, 0.5) is 5.82 Å². The number of nitrogen functional groups attached to an aromatic ring is 1. The Labute approximate surface area is 101 Å². The summed E-state index contributed by atoms with van der Waals surface area (Å²) in [6, 6.07) is 0. The molecule has 0 radical (unpaired) electrons. The number of aromatic nitrogens is 2. The van der Waals surface area contributed by atoms with Crippen molar-refractivity contribution in [1.82, 2.24) is 15.3 Å². The minimum absolute atomic E-state index is 0.196. The lowest BCUT2D eigenvalue weighted by Crippen LogP contribution is -2.34. The quantitative estimate of drug-likeness (QED) is 0.827. The first-order valence-corrected chi connectivity index (χ1v) is 5.95. The smallest absolute Gasteiger partial charge is 0.271 e. The van der Waals surface area contributed by atoms with Crippen LogP contribution < -0.4 is 11.1 Å². The van der Waals surface area contributed by atoms with Crippen LogP contribution in [-0.4, -0.2) is 22.4 Å². The third kappa shape index (κ3) is 2.93. The zero-order valence-electron chi connectivity index (χ0n) is 10.1. The van der Waals surface area contributed by atoms with Crippen LogP contribution in [0.5, 0.6) is 0 Å². The van der Waals surface area contributed by atoms with Crippen molar-refractivity contribution >= 4 is 11.7 Å². The predicted molar refractivity (Wildman–Crippen MR) is 65.4 cm³/mol. The zero-order valence-corrected chi connectivity index (χ0v) is 10.1. The van der Waals surface area contributed by atoms with Crippen LogP contribution in [0.3, 0.4) is 0 Å². The van der Waals surface area contributed by atoms with E-state index in [4.69, 9.17) is 5.73 Å². The van der Waals surface area contributed by atoms with Gasteiger partial charge < -0.3 is 11.1 Å². The lowest BCUT2D eigenvalue weighted by atomic mass is 9.89. The van der Waals surface area contributed by atoms with Gasteiger partial charge in [0.1, 0.15) is 11.5 Å². The van der Waals surface area contributed by atoms with Gasteiger partial charge in [-0.15, -0.1) is 0 Å². The SMILES string of the molecule is CC1(CNC(=O)c2cncc(N)n2)CCCC1. The Morgan fingerprint density at radius 3 is 2.82 bits per heavy atom. The van der Waals surface area contributed by atoms with E-state index < -0.39 is 0 Å². The second-order valence-electron chi connectivity index (χ2n) is 5.03. The molecule has 17 heavy (non-hydrogen) atoms. The van der Waals surface area contributed by atoms with Crippen LogP contribution >= 0.6 is 0 Å². The van der Waals surface area contributed by atoms with Crippen molar-refractivity contribution in [2.75, 3.05) is 12.3 Å². The molecule has 1 amide bonds. The van der Waals surface area contributed by atoms with Gasteiger partial charge in [-0.3, -0.25) is 9.78 Å². The molecule has 0 spiro atoms. The van der Waals surface area contributed by atoms with Gasteiger partial charge in [0, 0.05) is 6.54 Å². The number of amides is 1. The molecule has 2 rings (SSSR count). The van der Waals surface area contributed by atoms with Crippen LogP contribution in [0.25, 0.3) is 0 Å². The van der Waals surface area contributed by atoms with E-state index in [1.165, 1.54) is 38.1 Å². The molecule has 0 unspecified atom stereocenters. The lowest BCUT2D eigenvalue weighted by molar-refractivity contribution is 0.0929. The van der Waals surface area contributed by atoms with Crippen molar-refractivity contribution in [2.24, 2.45) is 5.41 Å². The van der Waals surface area contributed by atoms with Crippen molar-refractivity contribution in [3.8, 4) is 0 Å². The van der Waals surface area contributed by atoms with E-state index in [-0.39, 0.29) is 22.8 Å². The molecule has 1 fully saturated rings. The number of nitrogens with zero attached hydrogens (tertiary/aromatic N) is 2. The molecule has 0 bridgehead atoms. The van der Waals surface area contributed by atoms with Crippen LogP contribution in [0.1, 0.15) is 43.1 Å².